The van der Waals surface area contributed by atoms with Gasteiger partial charge in [0.2, 0.25) is 11.8 Å². The Hall–Kier alpha value is -2.08. The van der Waals surface area contributed by atoms with Crippen molar-refractivity contribution in [2.45, 2.75) is 26.3 Å². The highest BCUT2D eigenvalue weighted by atomic mass is 16.5. The minimum Gasteiger partial charge on any atom is -0.497 e. The number of benzene rings is 1. The molecule has 0 heterocycles. The van der Waals surface area contributed by atoms with E-state index in [1.54, 1.807) is 38.3 Å². The fraction of sp³-hybridized carbons (Fsp3) is 0.467. The van der Waals surface area contributed by atoms with E-state index >= 15 is 0 Å². The van der Waals surface area contributed by atoms with Crippen LogP contribution in [0.25, 0.3) is 0 Å². The Morgan fingerprint density at radius 1 is 1.24 bits per heavy atom. The molecule has 1 atom stereocenters. The maximum atomic E-state index is 11.8. The Labute approximate surface area is 125 Å². The molecule has 0 fully saturated rings. The van der Waals surface area contributed by atoms with Crippen LogP contribution in [0, 0.1) is 0 Å². The molecule has 0 bridgehead atoms. The molecule has 0 saturated carbocycles. The van der Waals surface area contributed by atoms with Gasteiger partial charge in [0, 0.05) is 12.2 Å². The number of nitrogens with one attached hydrogen (secondary N) is 3. The van der Waals surface area contributed by atoms with Crippen LogP contribution in [0.3, 0.4) is 0 Å². The van der Waals surface area contributed by atoms with Crippen molar-refractivity contribution in [1.29, 1.82) is 0 Å². The fourth-order valence-corrected chi connectivity index (χ4v) is 1.62. The molecule has 116 valence electrons. The SMILES string of the molecule is CCCNC(=O)C(C)NCC(=O)Nc1ccc(OC)cc1. The van der Waals surface area contributed by atoms with Crippen LogP contribution < -0.4 is 20.7 Å². The van der Waals surface area contributed by atoms with Crippen LogP contribution in [-0.2, 0) is 9.59 Å². The molecule has 0 saturated heterocycles. The lowest BCUT2D eigenvalue weighted by Crippen LogP contribution is -2.45. The highest BCUT2D eigenvalue weighted by molar-refractivity contribution is 5.92. The molecule has 0 spiro atoms. The third-order valence-electron chi connectivity index (χ3n) is 2.89. The Bertz CT molecular complexity index is 460. The van der Waals surface area contributed by atoms with E-state index in [0.29, 0.717) is 12.2 Å². The minimum absolute atomic E-state index is 0.0761. The summed E-state index contributed by atoms with van der Waals surface area (Å²) in [6.07, 6.45) is 0.885. The van der Waals surface area contributed by atoms with Crippen LogP contribution in [0.1, 0.15) is 20.3 Å². The number of methoxy groups -OCH3 is 1. The van der Waals surface area contributed by atoms with Crippen LogP contribution in [-0.4, -0.2) is 38.1 Å². The molecule has 21 heavy (non-hydrogen) atoms. The summed E-state index contributed by atoms with van der Waals surface area (Å²) < 4.78 is 5.04. The van der Waals surface area contributed by atoms with E-state index in [1.165, 1.54) is 0 Å². The molecule has 6 heteroatoms. The van der Waals surface area contributed by atoms with Gasteiger partial charge in [0.05, 0.1) is 19.7 Å². The van der Waals surface area contributed by atoms with Gasteiger partial charge in [-0.3, -0.25) is 14.9 Å². The van der Waals surface area contributed by atoms with Crippen LogP contribution in [0.15, 0.2) is 24.3 Å². The van der Waals surface area contributed by atoms with Crippen LogP contribution in [0.5, 0.6) is 5.75 Å². The molecular formula is C15H23N3O3. The topological polar surface area (TPSA) is 79.5 Å². The van der Waals surface area contributed by atoms with Crippen molar-refractivity contribution in [2.24, 2.45) is 0 Å². The zero-order chi connectivity index (χ0) is 15.7. The number of amides is 2. The van der Waals surface area contributed by atoms with Crippen molar-refractivity contribution in [3.8, 4) is 5.75 Å². The number of anilines is 1. The van der Waals surface area contributed by atoms with Gasteiger partial charge in [0.15, 0.2) is 0 Å². The van der Waals surface area contributed by atoms with Gasteiger partial charge in [-0.15, -0.1) is 0 Å². The second-order valence-electron chi connectivity index (χ2n) is 4.67. The normalized spacial score (nSPS) is 11.6. The second kappa shape index (κ2) is 8.97. The van der Waals surface area contributed by atoms with Gasteiger partial charge in [-0.2, -0.15) is 0 Å². The number of hydrogen-bond donors (Lipinski definition) is 3. The third-order valence-corrected chi connectivity index (χ3v) is 2.89. The van der Waals surface area contributed by atoms with E-state index in [1.807, 2.05) is 6.92 Å². The fourth-order valence-electron chi connectivity index (χ4n) is 1.62. The largest absolute Gasteiger partial charge is 0.497 e. The standard InChI is InChI=1S/C15H23N3O3/c1-4-9-16-15(20)11(2)17-10-14(19)18-12-5-7-13(21-3)8-6-12/h5-8,11,17H,4,9-10H2,1-3H3,(H,16,20)(H,18,19). The first-order valence-electron chi connectivity index (χ1n) is 7.01. The first kappa shape index (κ1) is 17.0. The van der Waals surface area contributed by atoms with E-state index in [-0.39, 0.29) is 18.4 Å². The summed E-state index contributed by atoms with van der Waals surface area (Å²) in [6, 6.07) is 6.65. The lowest BCUT2D eigenvalue weighted by Gasteiger charge is -2.13. The first-order valence-corrected chi connectivity index (χ1v) is 7.01. The highest BCUT2D eigenvalue weighted by Gasteiger charge is 2.12. The zero-order valence-electron chi connectivity index (χ0n) is 12.7. The zero-order valence-corrected chi connectivity index (χ0v) is 12.7. The Morgan fingerprint density at radius 2 is 1.90 bits per heavy atom. The summed E-state index contributed by atoms with van der Waals surface area (Å²) in [4.78, 5) is 23.4. The van der Waals surface area contributed by atoms with Crippen LogP contribution in [0.2, 0.25) is 0 Å². The van der Waals surface area contributed by atoms with Crippen molar-refractivity contribution < 1.29 is 14.3 Å². The van der Waals surface area contributed by atoms with E-state index in [2.05, 4.69) is 16.0 Å². The van der Waals surface area contributed by atoms with Crippen molar-refractivity contribution in [3.05, 3.63) is 24.3 Å². The molecule has 0 aliphatic heterocycles. The van der Waals surface area contributed by atoms with Gasteiger partial charge >= 0.3 is 0 Å². The predicted molar refractivity (Wildman–Crippen MR) is 82.4 cm³/mol. The summed E-state index contributed by atoms with van der Waals surface area (Å²) in [7, 11) is 1.59. The molecule has 1 rings (SSSR count). The number of carbonyl (C=O) groups is 2. The smallest absolute Gasteiger partial charge is 0.238 e. The van der Waals surface area contributed by atoms with Gasteiger partial charge in [0.1, 0.15) is 5.75 Å². The monoisotopic (exact) mass is 293 g/mol. The van der Waals surface area contributed by atoms with Gasteiger partial charge < -0.3 is 15.4 Å². The summed E-state index contributed by atoms with van der Waals surface area (Å²) in [6.45, 7) is 4.43. The van der Waals surface area contributed by atoms with E-state index in [0.717, 1.165) is 12.2 Å². The van der Waals surface area contributed by atoms with Crippen molar-refractivity contribution in [2.75, 3.05) is 25.5 Å². The third kappa shape index (κ3) is 6.27. The summed E-state index contributed by atoms with van der Waals surface area (Å²) in [5, 5.41) is 8.40. The van der Waals surface area contributed by atoms with Crippen molar-refractivity contribution >= 4 is 17.5 Å². The molecule has 1 aromatic rings. The number of hydrogen-bond acceptors (Lipinski definition) is 4. The second-order valence-corrected chi connectivity index (χ2v) is 4.67. The number of ether oxygens (including phenoxy) is 1. The Balaban J connectivity index is 2.34. The molecule has 1 unspecified atom stereocenters. The maximum absolute atomic E-state index is 11.8. The molecule has 6 nitrogen and oxygen atoms in total. The molecule has 2 amide bonds. The molecule has 0 aliphatic rings. The minimum atomic E-state index is -0.404. The summed E-state index contributed by atoms with van der Waals surface area (Å²) >= 11 is 0. The van der Waals surface area contributed by atoms with Crippen molar-refractivity contribution in [1.82, 2.24) is 10.6 Å². The van der Waals surface area contributed by atoms with Gasteiger partial charge in [-0.1, -0.05) is 6.92 Å². The lowest BCUT2D eigenvalue weighted by atomic mass is 10.3. The molecule has 0 aromatic heterocycles. The molecular weight excluding hydrogens is 270 g/mol. The van der Waals surface area contributed by atoms with E-state index in [4.69, 9.17) is 4.74 Å². The van der Waals surface area contributed by atoms with E-state index < -0.39 is 6.04 Å². The number of rotatable bonds is 8. The van der Waals surface area contributed by atoms with Crippen molar-refractivity contribution in [3.63, 3.8) is 0 Å². The number of carbonyl (C=O) groups excluding carboxylic acids is 2. The first-order chi connectivity index (χ1) is 10.1. The molecule has 0 aliphatic carbocycles. The summed E-state index contributed by atoms with van der Waals surface area (Å²) in [5.74, 6) is 0.428. The van der Waals surface area contributed by atoms with Gasteiger partial charge in [-0.05, 0) is 37.6 Å². The van der Waals surface area contributed by atoms with Crippen LogP contribution in [0.4, 0.5) is 5.69 Å². The average Bonchev–Trinajstić information content (AvgIpc) is 2.50. The van der Waals surface area contributed by atoms with Gasteiger partial charge in [0.25, 0.3) is 0 Å². The highest BCUT2D eigenvalue weighted by Crippen LogP contribution is 2.14. The summed E-state index contributed by atoms with van der Waals surface area (Å²) in [5.41, 5.74) is 0.686. The maximum Gasteiger partial charge on any atom is 0.238 e. The van der Waals surface area contributed by atoms with Gasteiger partial charge in [-0.25, -0.2) is 0 Å². The average molecular weight is 293 g/mol. The molecule has 3 N–H and O–H groups in total. The van der Waals surface area contributed by atoms with E-state index in [9.17, 15) is 9.59 Å². The quantitative estimate of drug-likeness (QED) is 0.671. The predicted octanol–water partition coefficient (Wildman–Crippen LogP) is 1.14. The Morgan fingerprint density at radius 3 is 2.48 bits per heavy atom. The molecule has 0 radical (unpaired) electrons. The molecule has 1 aromatic carbocycles. The Kier molecular flexibility index (Phi) is 7.25. The lowest BCUT2D eigenvalue weighted by molar-refractivity contribution is -0.123. The van der Waals surface area contributed by atoms with Crippen LogP contribution >= 0.6 is 0 Å².